The summed E-state index contributed by atoms with van der Waals surface area (Å²) >= 11 is 0. The predicted octanol–water partition coefficient (Wildman–Crippen LogP) is 13.3. The number of sulfone groups is 2. The second kappa shape index (κ2) is 31.2. The Balaban J connectivity index is 0.000000142. The number of hydrogen-bond acceptors (Lipinski definition) is 22. The first kappa shape index (κ1) is 68.9. The lowest BCUT2D eigenvalue weighted by atomic mass is 9.95. The van der Waals surface area contributed by atoms with Gasteiger partial charge < -0.3 is 70.0 Å². The summed E-state index contributed by atoms with van der Waals surface area (Å²) in [5, 5.41) is 17.4. The highest BCUT2D eigenvalue weighted by atomic mass is 32.2. The molecule has 10 aromatic rings. The smallest absolute Gasteiger partial charge is 0.231 e. The van der Waals surface area contributed by atoms with Gasteiger partial charge in [0.2, 0.25) is 11.9 Å². The number of aromatic amines is 2. The van der Waals surface area contributed by atoms with E-state index in [1.807, 2.05) is 66.9 Å². The normalized spacial score (nSPS) is 14.8. The molecule has 0 atom stereocenters. The van der Waals surface area contributed by atoms with Crippen LogP contribution in [0.3, 0.4) is 0 Å². The van der Waals surface area contributed by atoms with E-state index < -0.39 is 30.2 Å². The van der Waals surface area contributed by atoms with Crippen molar-refractivity contribution in [2.24, 2.45) is 0 Å². The van der Waals surface area contributed by atoms with Crippen LogP contribution in [0.1, 0.15) is 82.4 Å². The summed E-state index contributed by atoms with van der Waals surface area (Å²) in [7, 11) is -2.00. The fourth-order valence-electron chi connectivity index (χ4n) is 12.3. The summed E-state index contributed by atoms with van der Waals surface area (Å²) in [6.45, 7) is 13.1. The second-order valence-electron chi connectivity index (χ2n) is 24.8. The molecule has 5 aromatic heterocycles. The molecule has 26 heteroatoms. The van der Waals surface area contributed by atoms with Gasteiger partial charge in [0.25, 0.3) is 0 Å². The van der Waals surface area contributed by atoms with Crippen LogP contribution in [0.15, 0.2) is 150 Å². The number of hydrogen-bond donors (Lipinski definition) is 7. The van der Waals surface area contributed by atoms with E-state index in [1.54, 1.807) is 97.7 Å². The minimum Gasteiger partial charge on any atom is -0.496 e. The fraction of sp³-hybridized carbons (Fsp3) is 0.342. The number of methoxy groups -OCH3 is 3. The van der Waals surface area contributed by atoms with Crippen molar-refractivity contribution < 1.29 is 40.5 Å². The van der Waals surface area contributed by atoms with Crippen LogP contribution in [-0.2, 0) is 42.0 Å². The van der Waals surface area contributed by atoms with Crippen LogP contribution in [-0.4, -0.2) is 147 Å². The SMILES string of the molecule is COc1cc(N2CCOCC2)ccc1Cc1nc2c(c(Nc3ccccc3S(=O)(=O)C(C)C)n1)C=CC2.COc1cc(N2CCOCC2)ccc1Nc1nc(NC2CCCCC2)c2cc[nH]c2n1.COc1ccccc1Nc1nc(Nc2ccccc2S(=O)(=O)C(C)C)c2cc[nH]c2n1. The largest absolute Gasteiger partial charge is 0.496 e. The van der Waals surface area contributed by atoms with Gasteiger partial charge in [0, 0.05) is 92.1 Å². The number of nitrogens with one attached hydrogen (secondary N) is 7. The molecule has 7 heterocycles. The van der Waals surface area contributed by atoms with Crippen molar-refractivity contribution in [3.63, 3.8) is 0 Å². The highest BCUT2D eigenvalue weighted by Crippen LogP contribution is 2.38. The summed E-state index contributed by atoms with van der Waals surface area (Å²) in [4.78, 5) is 39.7. The molecule has 24 nitrogen and oxygen atoms in total. The minimum absolute atomic E-state index is 0.228. The molecule has 3 fully saturated rings. The molecule has 518 valence electrons. The van der Waals surface area contributed by atoms with E-state index in [-0.39, 0.29) is 9.79 Å². The maximum absolute atomic E-state index is 13.0. The number of H-pyrrole nitrogens is 2. The Morgan fingerprint density at radius 3 is 1.61 bits per heavy atom. The van der Waals surface area contributed by atoms with E-state index in [0.717, 1.165) is 120 Å². The van der Waals surface area contributed by atoms with Crippen molar-refractivity contribution >= 4 is 111 Å². The van der Waals surface area contributed by atoms with Crippen molar-refractivity contribution in [1.82, 2.24) is 39.9 Å². The highest BCUT2D eigenvalue weighted by Gasteiger charge is 2.27. The lowest BCUT2D eigenvalue weighted by Crippen LogP contribution is -2.36. The van der Waals surface area contributed by atoms with E-state index in [1.165, 1.54) is 32.1 Å². The number of rotatable bonds is 21. The van der Waals surface area contributed by atoms with Crippen LogP contribution < -0.4 is 50.6 Å². The maximum atomic E-state index is 13.0. The van der Waals surface area contributed by atoms with Crippen molar-refractivity contribution in [3.8, 4) is 17.2 Å². The van der Waals surface area contributed by atoms with E-state index in [0.29, 0.717) is 76.7 Å². The van der Waals surface area contributed by atoms with Gasteiger partial charge in [0.1, 0.15) is 51.8 Å². The zero-order valence-corrected chi connectivity index (χ0v) is 58.4. The molecule has 99 heavy (non-hydrogen) atoms. The van der Waals surface area contributed by atoms with Gasteiger partial charge in [-0.15, -0.1) is 0 Å². The van der Waals surface area contributed by atoms with Gasteiger partial charge >= 0.3 is 0 Å². The molecule has 14 rings (SSSR count). The van der Waals surface area contributed by atoms with Gasteiger partial charge in [0.15, 0.2) is 19.7 Å². The summed E-state index contributed by atoms with van der Waals surface area (Å²) in [5.41, 5.74) is 8.98. The highest BCUT2D eigenvalue weighted by molar-refractivity contribution is 7.92. The number of para-hydroxylation sites is 4. The Labute approximate surface area is 577 Å². The molecule has 2 aliphatic carbocycles. The number of benzene rings is 5. The topological polar surface area (TPSA) is 290 Å². The zero-order valence-electron chi connectivity index (χ0n) is 56.8. The van der Waals surface area contributed by atoms with Gasteiger partial charge in [0.05, 0.1) is 107 Å². The Hall–Kier alpha value is -10.0. The molecule has 0 spiro atoms. The fourth-order valence-corrected chi connectivity index (χ4v) is 14.7. The van der Waals surface area contributed by atoms with E-state index in [9.17, 15) is 16.8 Å². The van der Waals surface area contributed by atoms with E-state index >= 15 is 0 Å². The van der Waals surface area contributed by atoms with Crippen LogP contribution in [0, 0.1) is 0 Å². The number of nitrogens with zero attached hydrogens (tertiary/aromatic N) is 8. The quantitative estimate of drug-likeness (QED) is 0.0352. The van der Waals surface area contributed by atoms with Gasteiger partial charge in [-0.05, 0) is 107 Å². The third-order valence-electron chi connectivity index (χ3n) is 17.7. The van der Waals surface area contributed by atoms with Crippen LogP contribution in [0.4, 0.5) is 63.5 Å². The third-order valence-corrected chi connectivity index (χ3v) is 22.2. The number of anilines is 11. The lowest BCUT2D eigenvalue weighted by molar-refractivity contribution is 0.122. The molecule has 0 radical (unpaired) electrons. The first-order valence-electron chi connectivity index (χ1n) is 33.5. The van der Waals surface area contributed by atoms with Crippen LogP contribution in [0.5, 0.6) is 17.2 Å². The number of fused-ring (bicyclic) bond motifs is 3. The van der Waals surface area contributed by atoms with Crippen molar-refractivity contribution in [2.75, 3.05) is 110 Å². The zero-order chi connectivity index (χ0) is 69.0. The van der Waals surface area contributed by atoms with Gasteiger partial charge in [-0.2, -0.15) is 19.9 Å². The molecular formula is C73H85N15O9S2. The van der Waals surface area contributed by atoms with Gasteiger partial charge in [-0.1, -0.05) is 73.9 Å². The third kappa shape index (κ3) is 16.1. The number of ether oxygens (including phenoxy) is 5. The summed E-state index contributed by atoms with van der Waals surface area (Å²) in [6.07, 6.45) is 15.1. The maximum Gasteiger partial charge on any atom is 0.231 e. The van der Waals surface area contributed by atoms with E-state index in [2.05, 4.69) is 91.6 Å². The summed E-state index contributed by atoms with van der Waals surface area (Å²) < 4.78 is 79.4. The molecule has 0 amide bonds. The molecule has 0 unspecified atom stereocenters. The first-order valence-corrected chi connectivity index (χ1v) is 36.6. The minimum atomic E-state index is -3.48. The number of allylic oxidation sites excluding steroid dienone is 1. The van der Waals surface area contributed by atoms with Crippen molar-refractivity contribution in [1.29, 1.82) is 0 Å². The average molecular weight is 1380 g/mol. The Morgan fingerprint density at radius 1 is 0.525 bits per heavy atom. The van der Waals surface area contributed by atoms with Crippen LogP contribution >= 0.6 is 0 Å². The average Bonchev–Trinajstić information content (AvgIpc) is 1.46. The lowest BCUT2D eigenvalue weighted by Gasteiger charge is -2.29. The molecular weight excluding hydrogens is 1300 g/mol. The molecule has 4 aliphatic rings. The second-order valence-corrected chi connectivity index (χ2v) is 29.8. The molecule has 5 aromatic carbocycles. The number of morpholine rings is 2. The molecule has 1 saturated carbocycles. The van der Waals surface area contributed by atoms with Crippen LogP contribution in [0.25, 0.3) is 28.1 Å². The Morgan fingerprint density at radius 2 is 1.03 bits per heavy atom. The molecule has 2 aliphatic heterocycles. The molecule has 2 saturated heterocycles. The predicted molar refractivity (Wildman–Crippen MR) is 392 cm³/mol. The Bertz CT molecular complexity index is 4720. The monoisotopic (exact) mass is 1380 g/mol. The number of aromatic nitrogens is 8. The van der Waals surface area contributed by atoms with Crippen LogP contribution in [0.2, 0.25) is 0 Å². The summed E-state index contributed by atoms with van der Waals surface area (Å²) in [6, 6.07) is 38.0. The van der Waals surface area contributed by atoms with Gasteiger partial charge in [-0.25, -0.2) is 26.8 Å². The molecule has 7 N–H and O–H groups in total. The van der Waals surface area contributed by atoms with Crippen molar-refractivity contribution in [3.05, 3.63) is 162 Å². The van der Waals surface area contributed by atoms with E-state index in [4.69, 9.17) is 38.6 Å². The summed E-state index contributed by atoms with van der Waals surface area (Å²) in [5.74, 6) is 5.70. The first-order chi connectivity index (χ1) is 48.1. The molecule has 0 bridgehead atoms. The Kier molecular flexibility index (Phi) is 21.7. The van der Waals surface area contributed by atoms with Gasteiger partial charge in [-0.3, -0.25) is 0 Å². The standard InChI is InChI=1S/C28H32N4O4S.C23H30N6O2.C22H23N5O3S/c1-19(2)37(33,34)26-10-5-4-8-24(26)30-28-22-7-6-9-23(22)29-27(31-28)17-20-11-12-21(18-25(20)35-3)32-13-15-36-16-14-32;1-30-20-15-17(29-11-13-31-14-12-29)7-8-19(20)26-23-27-21-18(9-10-24-21)22(28-23)25-16-5-3-2-4-6-16;1-14(2)31(28,29)19-11-7-5-9-17(19)24-21-15-12-13-23-20(15)26-22(27-21)25-16-8-4-6-10-18(16)30-3/h4-8,10-12,18-19H,9,13-17H2,1-3H3,(H,29,30,31);7-10,15-16H,2-6,11-14H2,1H3,(H3,24,25,26,27,28);4-14H,1-3H3,(H3,23,24,25,26,27). The van der Waals surface area contributed by atoms with Crippen molar-refractivity contribution in [2.45, 2.75) is 99.0 Å².